The molecule has 0 fully saturated rings. The fourth-order valence-corrected chi connectivity index (χ4v) is 3.47. The summed E-state index contributed by atoms with van der Waals surface area (Å²) in [7, 11) is -1.24. The lowest BCUT2D eigenvalue weighted by atomic mass is 10.1. The number of halogens is 2. The van der Waals surface area contributed by atoms with E-state index in [1.807, 2.05) is 35.9 Å². The van der Waals surface area contributed by atoms with Gasteiger partial charge in [-0.25, -0.2) is 8.42 Å². The molecule has 2 aromatic carbocycles. The van der Waals surface area contributed by atoms with Gasteiger partial charge in [0.25, 0.3) is 0 Å². The maximum atomic E-state index is 9.45. The number of ether oxygens (including phenoxy) is 2. The van der Waals surface area contributed by atoms with Crippen LogP contribution < -0.4 is 14.2 Å². The molecule has 0 aliphatic rings. The highest BCUT2D eigenvalue weighted by atomic mass is 35.5. The van der Waals surface area contributed by atoms with Crippen molar-refractivity contribution in [2.24, 2.45) is 0 Å². The first-order valence-electron chi connectivity index (χ1n) is 8.50. The van der Waals surface area contributed by atoms with Crippen LogP contribution in [0.4, 0.5) is 0 Å². The van der Waals surface area contributed by atoms with Crippen molar-refractivity contribution in [2.45, 2.75) is 20.4 Å². The lowest BCUT2D eigenvalue weighted by Crippen LogP contribution is -2.37. The van der Waals surface area contributed by atoms with Crippen LogP contribution in [0.3, 0.4) is 0 Å². The predicted octanol–water partition coefficient (Wildman–Crippen LogP) is 3.50. The van der Waals surface area contributed by atoms with Gasteiger partial charge in [-0.15, -0.1) is 0 Å². The summed E-state index contributed by atoms with van der Waals surface area (Å²) in [4.78, 5) is 0. The Morgan fingerprint density at radius 2 is 1.55 bits per heavy atom. The van der Waals surface area contributed by atoms with Crippen molar-refractivity contribution in [3.63, 3.8) is 0 Å². The first kappa shape index (κ1) is 23.4. The van der Waals surface area contributed by atoms with Crippen LogP contribution in [0, 0.1) is 0 Å². The fraction of sp³-hybridized carbons (Fsp3) is 0.333. The largest absolute Gasteiger partial charge is 0.726 e. The summed E-state index contributed by atoms with van der Waals surface area (Å²) in [6, 6.07) is 7.47. The Morgan fingerprint density at radius 1 is 1.00 bits per heavy atom. The molecule has 0 amide bonds. The zero-order valence-corrected chi connectivity index (χ0v) is 18.6. The first-order valence-corrected chi connectivity index (χ1v) is 10.6. The zero-order valence-electron chi connectivity index (χ0n) is 16.2. The van der Waals surface area contributed by atoms with Gasteiger partial charge >= 0.3 is 0 Å². The minimum atomic E-state index is -4.42. The molecular weight excluding hydrogens is 443 g/mol. The van der Waals surface area contributed by atoms with E-state index in [1.54, 1.807) is 14.2 Å². The van der Waals surface area contributed by atoms with E-state index < -0.39 is 10.4 Å². The van der Waals surface area contributed by atoms with Crippen LogP contribution in [0.1, 0.15) is 13.8 Å². The summed E-state index contributed by atoms with van der Waals surface area (Å²) >= 11 is 12.5. The summed E-state index contributed by atoms with van der Waals surface area (Å²) in [5.74, 6) is 1.22. The van der Waals surface area contributed by atoms with Gasteiger partial charge in [-0.05, 0) is 26.0 Å². The van der Waals surface area contributed by atoms with Crippen molar-refractivity contribution in [1.82, 2.24) is 5.10 Å². The third kappa shape index (κ3) is 5.58. The molecular formula is C18H20Cl2N2O6S. The summed E-state index contributed by atoms with van der Waals surface area (Å²) in [5, 5.41) is 7.65. The minimum absolute atomic E-state index is 0.0914. The van der Waals surface area contributed by atoms with Crippen molar-refractivity contribution in [3.05, 3.63) is 34.3 Å². The van der Waals surface area contributed by atoms with E-state index in [9.17, 15) is 13.0 Å². The van der Waals surface area contributed by atoms with Gasteiger partial charge in [-0.3, -0.25) is 4.18 Å². The predicted molar refractivity (Wildman–Crippen MR) is 110 cm³/mol. The molecule has 0 N–H and O–H groups in total. The molecule has 0 radical (unpaired) electrons. The van der Waals surface area contributed by atoms with Gasteiger partial charge in [-0.1, -0.05) is 27.9 Å². The Morgan fingerprint density at radius 3 is 2.00 bits per heavy atom. The number of methoxy groups -OCH3 is 2. The molecule has 0 aliphatic heterocycles. The number of hydrogen-bond acceptors (Lipinski definition) is 7. The highest BCUT2D eigenvalue weighted by Crippen LogP contribution is 2.35. The third-order valence-corrected chi connectivity index (χ3v) is 5.01. The van der Waals surface area contributed by atoms with Crippen molar-refractivity contribution in [2.75, 3.05) is 20.8 Å². The second-order valence-electron chi connectivity index (χ2n) is 5.64. The van der Waals surface area contributed by atoms with Gasteiger partial charge in [0.05, 0.1) is 42.3 Å². The quantitative estimate of drug-likeness (QED) is 0.247. The van der Waals surface area contributed by atoms with Crippen molar-refractivity contribution < 1.29 is 31.3 Å². The van der Waals surface area contributed by atoms with Crippen LogP contribution in [-0.2, 0) is 21.1 Å². The van der Waals surface area contributed by atoms with Gasteiger partial charge in [0, 0.05) is 16.6 Å². The number of benzene rings is 2. The van der Waals surface area contributed by atoms with Crippen LogP contribution >= 0.6 is 23.2 Å². The third-order valence-electron chi connectivity index (χ3n) is 3.90. The Balaban J connectivity index is 0.000000370. The lowest BCUT2D eigenvalue weighted by Gasteiger charge is -2.08. The molecule has 1 heterocycles. The molecule has 0 spiro atoms. The van der Waals surface area contributed by atoms with Gasteiger partial charge in [0.2, 0.25) is 15.9 Å². The Bertz CT molecular complexity index is 1140. The van der Waals surface area contributed by atoms with Gasteiger partial charge in [0.1, 0.15) is 17.0 Å². The Labute approximate surface area is 178 Å². The number of aryl methyl sites for hydroxylation is 1. The molecule has 29 heavy (non-hydrogen) atoms. The maximum Gasteiger partial charge on any atom is 0.243 e. The molecule has 0 bridgehead atoms. The first-order chi connectivity index (χ1) is 13.6. The van der Waals surface area contributed by atoms with Crippen LogP contribution in [-0.4, -0.2) is 38.9 Å². The normalized spacial score (nSPS) is 11.3. The van der Waals surface area contributed by atoms with Crippen LogP contribution in [0.25, 0.3) is 21.8 Å². The Kier molecular flexibility index (Phi) is 7.84. The number of hydrogen-bond donors (Lipinski definition) is 0. The molecule has 11 heteroatoms. The monoisotopic (exact) mass is 462 g/mol. The number of aromatic nitrogens is 2. The highest BCUT2D eigenvalue weighted by molar-refractivity contribution is 7.80. The van der Waals surface area contributed by atoms with Crippen LogP contribution in [0.5, 0.6) is 11.5 Å². The molecule has 0 aliphatic carbocycles. The molecule has 3 aromatic rings. The number of nitrogens with zero attached hydrogens (tertiary/aromatic N) is 2. The lowest BCUT2D eigenvalue weighted by molar-refractivity contribution is -0.724. The van der Waals surface area contributed by atoms with Gasteiger partial charge < -0.3 is 14.0 Å². The second kappa shape index (κ2) is 9.73. The average molecular weight is 463 g/mol. The second-order valence-corrected chi connectivity index (χ2v) is 7.50. The minimum Gasteiger partial charge on any atom is -0.726 e. The molecule has 0 unspecified atom stereocenters. The number of rotatable bonds is 5. The maximum absolute atomic E-state index is 9.45. The Hall–Kier alpha value is -1.91. The van der Waals surface area contributed by atoms with E-state index in [2.05, 4.69) is 9.28 Å². The van der Waals surface area contributed by atoms with Gasteiger partial charge in [0.15, 0.2) is 6.54 Å². The SMILES string of the molecule is CCOS(=O)(=O)[O-].CC[n+]1nc2cc(OC)c(Cl)cc2c2cc(Cl)c(OC)cc21. The molecule has 0 saturated heterocycles. The average Bonchev–Trinajstić information content (AvgIpc) is 2.66. The molecule has 0 atom stereocenters. The fourth-order valence-electron chi connectivity index (χ4n) is 2.70. The van der Waals surface area contributed by atoms with Crippen molar-refractivity contribution >= 4 is 55.4 Å². The van der Waals surface area contributed by atoms with E-state index in [-0.39, 0.29) is 6.61 Å². The van der Waals surface area contributed by atoms with E-state index in [4.69, 9.17) is 32.7 Å². The molecule has 158 valence electrons. The molecule has 1 aromatic heterocycles. The summed E-state index contributed by atoms with van der Waals surface area (Å²) in [5.41, 5.74) is 1.74. The standard InChI is InChI=1S/C16H15Cl2N2O2.C2H6O4S/c1-4-20-14-8-16(22-3)12(18)6-10(14)9-5-11(17)15(21-2)7-13(9)19-20;1-2-6-7(3,4)5/h5-8H,4H2,1-3H3;2H2,1H3,(H,3,4,5)/q+1;/p-1. The van der Waals surface area contributed by atoms with E-state index in [0.29, 0.717) is 21.5 Å². The van der Waals surface area contributed by atoms with Crippen LogP contribution in [0.15, 0.2) is 24.3 Å². The topological polar surface area (TPSA) is 102 Å². The van der Waals surface area contributed by atoms with Crippen molar-refractivity contribution in [3.8, 4) is 11.5 Å². The van der Waals surface area contributed by atoms with Crippen molar-refractivity contribution in [1.29, 1.82) is 0 Å². The molecule has 8 nitrogen and oxygen atoms in total. The molecule has 3 rings (SSSR count). The smallest absolute Gasteiger partial charge is 0.243 e. The number of fused-ring (bicyclic) bond motifs is 3. The van der Waals surface area contributed by atoms with E-state index in [1.165, 1.54) is 6.92 Å². The molecule has 0 saturated carbocycles. The van der Waals surface area contributed by atoms with Crippen LogP contribution in [0.2, 0.25) is 10.0 Å². The zero-order chi connectivity index (χ0) is 21.8. The summed E-state index contributed by atoms with van der Waals surface area (Å²) in [6.07, 6.45) is 0. The van der Waals surface area contributed by atoms with Gasteiger partial charge in [-0.2, -0.15) is 0 Å². The highest BCUT2D eigenvalue weighted by Gasteiger charge is 2.19. The van der Waals surface area contributed by atoms with E-state index >= 15 is 0 Å². The summed E-state index contributed by atoms with van der Waals surface area (Å²) in [6.45, 7) is 4.09. The summed E-state index contributed by atoms with van der Waals surface area (Å²) < 4.78 is 44.5. The van der Waals surface area contributed by atoms with E-state index in [0.717, 1.165) is 28.4 Å².